The van der Waals surface area contributed by atoms with E-state index in [1.165, 1.54) is 24.3 Å². The van der Waals surface area contributed by atoms with Crippen LogP contribution in [0.15, 0.2) is 48.5 Å². The summed E-state index contributed by atoms with van der Waals surface area (Å²) in [7, 11) is 0. The maximum Gasteiger partial charge on any atom is 0.416 e. The Balaban J connectivity index is 2.31. The number of hydrogen-bond donors (Lipinski definition) is 1. The molecule has 0 saturated heterocycles. The van der Waals surface area contributed by atoms with Crippen LogP contribution in [0.3, 0.4) is 0 Å². The molecule has 0 aliphatic carbocycles. The molecule has 118 valence electrons. The first-order chi connectivity index (χ1) is 10.3. The molecule has 0 heterocycles. The monoisotopic (exact) mass is 318 g/mol. The van der Waals surface area contributed by atoms with Crippen molar-refractivity contribution < 1.29 is 31.8 Å². The van der Waals surface area contributed by atoms with Gasteiger partial charge in [-0.15, -0.1) is 0 Å². The summed E-state index contributed by atoms with van der Waals surface area (Å²) in [6.07, 6.45) is -6.13. The van der Waals surface area contributed by atoms with Gasteiger partial charge in [0.05, 0.1) is 5.56 Å². The van der Waals surface area contributed by atoms with Crippen LogP contribution in [-0.2, 0) is 6.18 Å². The molecule has 0 aliphatic heterocycles. The van der Waals surface area contributed by atoms with Crippen molar-refractivity contribution >= 4 is 0 Å². The lowest BCUT2D eigenvalue weighted by atomic mass is 9.96. The van der Waals surface area contributed by atoms with E-state index in [0.29, 0.717) is 0 Å². The predicted molar refractivity (Wildman–Crippen MR) is 68.6 cm³/mol. The molecule has 1 atom stereocenters. The molecule has 0 fully saturated rings. The fourth-order valence-electron chi connectivity index (χ4n) is 2.00. The van der Waals surface area contributed by atoms with Crippen LogP contribution in [0.1, 0.15) is 22.8 Å². The molecule has 0 bridgehead atoms. The van der Waals surface area contributed by atoms with Crippen molar-refractivity contribution in [1.82, 2.24) is 0 Å². The Hall–Kier alpha value is -2.15. The van der Waals surface area contributed by atoms with Gasteiger partial charge < -0.3 is 9.84 Å². The minimum atomic E-state index is -4.60. The standard InChI is InChI=1S/C15H11F5O2/c16-14(17)22-10-7-5-9(6-8-10)13(21)11-3-1-2-4-12(11)15(18,19)20/h1-8,13-14,21H. The number of halogens is 5. The average molecular weight is 318 g/mol. The van der Waals surface area contributed by atoms with E-state index >= 15 is 0 Å². The molecule has 0 amide bonds. The van der Waals surface area contributed by atoms with Crippen LogP contribution in [0.4, 0.5) is 22.0 Å². The second kappa shape index (κ2) is 6.31. The van der Waals surface area contributed by atoms with Crippen molar-refractivity contribution in [2.45, 2.75) is 18.9 Å². The SMILES string of the molecule is OC(c1ccc(OC(F)F)cc1)c1ccccc1C(F)(F)F. The van der Waals surface area contributed by atoms with E-state index in [2.05, 4.69) is 4.74 Å². The van der Waals surface area contributed by atoms with Crippen LogP contribution >= 0.6 is 0 Å². The molecule has 0 spiro atoms. The zero-order valence-electron chi connectivity index (χ0n) is 11.0. The van der Waals surface area contributed by atoms with Crippen molar-refractivity contribution in [3.8, 4) is 5.75 Å². The van der Waals surface area contributed by atoms with E-state index in [4.69, 9.17) is 0 Å². The Kier molecular flexibility index (Phi) is 4.65. The van der Waals surface area contributed by atoms with Gasteiger partial charge in [0, 0.05) is 0 Å². The molecule has 0 saturated carbocycles. The summed E-state index contributed by atoms with van der Waals surface area (Å²) in [4.78, 5) is 0. The first kappa shape index (κ1) is 16.2. The van der Waals surface area contributed by atoms with Crippen LogP contribution in [-0.4, -0.2) is 11.7 Å². The Bertz CT molecular complexity index is 623. The highest BCUT2D eigenvalue weighted by Gasteiger charge is 2.34. The largest absolute Gasteiger partial charge is 0.435 e. The Morgan fingerprint density at radius 2 is 1.50 bits per heavy atom. The first-order valence-electron chi connectivity index (χ1n) is 6.18. The summed E-state index contributed by atoms with van der Waals surface area (Å²) < 4.78 is 67.0. The lowest BCUT2D eigenvalue weighted by Crippen LogP contribution is -2.12. The molecule has 2 nitrogen and oxygen atoms in total. The molecule has 0 radical (unpaired) electrons. The second-order valence-electron chi connectivity index (χ2n) is 4.44. The number of benzene rings is 2. The van der Waals surface area contributed by atoms with Gasteiger partial charge in [0.15, 0.2) is 0 Å². The molecule has 7 heteroatoms. The highest BCUT2D eigenvalue weighted by atomic mass is 19.4. The lowest BCUT2D eigenvalue weighted by molar-refractivity contribution is -0.139. The van der Waals surface area contributed by atoms with Crippen LogP contribution in [0.2, 0.25) is 0 Å². The third-order valence-corrected chi connectivity index (χ3v) is 2.98. The maximum atomic E-state index is 12.9. The highest BCUT2D eigenvalue weighted by Crippen LogP contribution is 2.36. The van der Waals surface area contributed by atoms with E-state index in [-0.39, 0.29) is 16.9 Å². The summed E-state index contributed by atoms with van der Waals surface area (Å²) in [5.41, 5.74) is -1.12. The van der Waals surface area contributed by atoms with Gasteiger partial charge in [0.1, 0.15) is 11.9 Å². The van der Waals surface area contributed by atoms with E-state index in [1.807, 2.05) is 0 Å². The number of rotatable bonds is 4. The summed E-state index contributed by atoms with van der Waals surface area (Å²) in [6.45, 7) is -3.00. The fraction of sp³-hybridized carbons (Fsp3) is 0.200. The van der Waals surface area contributed by atoms with Crippen LogP contribution < -0.4 is 4.74 Å². The van der Waals surface area contributed by atoms with Gasteiger partial charge in [0.2, 0.25) is 0 Å². The molecular formula is C15H11F5O2. The van der Waals surface area contributed by atoms with Crippen LogP contribution in [0.25, 0.3) is 0 Å². The van der Waals surface area contributed by atoms with Crippen molar-refractivity contribution in [1.29, 1.82) is 0 Å². The molecule has 0 aliphatic rings. The number of alkyl halides is 5. The highest BCUT2D eigenvalue weighted by molar-refractivity contribution is 5.39. The molecule has 0 aromatic heterocycles. The molecule has 22 heavy (non-hydrogen) atoms. The Labute approximate surface area is 122 Å². The lowest BCUT2D eigenvalue weighted by Gasteiger charge is -2.18. The minimum absolute atomic E-state index is 0.137. The summed E-state index contributed by atoms with van der Waals surface area (Å²) in [6, 6.07) is 9.40. The zero-order chi connectivity index (χ0) is 16.3. The summed E-state index contributed by atoms with van der Waals surface area (Å²) in [5.74, 6) is -0.143. The van der Waals surface area contributed by atoms with E-state index in [9.17, 15) is 27.1 Å². The quantitative estimate of drug-likeness (QED) is 0.847. The average Bonchev–Trinajstić information content (AvgIpc) is 2.46. The third-order valence-electron chi connectivity index (χ3n) is 2.98. The smallest absolute Gasteiger partial charge is 0.416 e. The molecule has 2 rings (SSSR count). The van der Waals surface area contributed by atoms with E-state index in [1.54, 1.807) is 0 Å². The first-order valence-corrected chi connectivity index (χ1v) is 6.18. The van der Waals surface area contributed by atoms with E-state index in [0.717, 1.165) is 24.3 Å². The van der Waals surface area contributed by atoms with Crippen molar-refractivity contribution in [2.75, 3.05) is 0 Å². The number of aliphatic hydroxyl groups excluding tert-OH is 1. The summed E-state index contributed by atoms with van der Waals surface area (Å²) in [5, 5.41) is 10.1. The summed E-state index contributed by atoms with van der Waals surface area (Å²) >= 11 is 0. The van der Waals surface area contributed by atoms with Crippen molar-refractivity contribution in [2.24, 2.45) is 0 Å². The van der Waals surface area contributed by atoms with Crippen LogP contribution in [0, 0.1) is 0 Å². The van der Waals surface area contributed by atoms with Gasteiger partial charge >= 0.3 is 12.8 Å². The molecule has 1 N–H and O–H groups in total. The number of ether oxygens (including phenoxy) is 1. The van der Waals surface area contributed by atoms with Gasteiger partial charge in [-0.3, -0.25) is 0 Å². The number of hydrogen-bond acceptors (Lipinski definition) is 2. The van der Waals surface area contributed by atoms with Gasteiger partial charge in [-0.2, -0.15) is 22.0 Å². The van der Waals surface area contributed by atoms with Gasteiger partial charge in [0.25, 0.3) is 0 Å². The zero-order valence-corrected chi connectivity index (χ0v) is 11.0. The molecule has 2 aromatic carbocycles. The van der Waals surface area contributed by atoms with E-state index < -0.39 is 24.5 Å². The predicted octanol–water partition coefficient (Wildman–Crippen LogP) is 4.39. The normalized spacial score (nSPS) is 13.2. The topological polar surface area (TPSA) is 29.5 Å². The second-order valence-corrected chi connectivity index (χ2v) is 4.44. The number of aliphatic hydroxyl groups is 1. The maximum absolute atomic E-state index is 12.9. The fourth-order valence-corrected chi connectivity index (χ4v) is 2.00. The molecular weight excluding hydrogens is 307 g/mol. The molecule has 2 aromatic rings. The minimum Gasteiger partial charge on any atom is -0.435 e. The third kappa shape index (κ3) is 3.73. The van der Waals surface area contributed by atoms with Crippen LogP contribution in [0.5, 0.6) is 5.75 Å². The van der Waals surface area contributed by atoms with Crippen molar-refractivity contribution in [3.63, 3.8) is 0 Å². The molecule has 1 unspecified atom stereocenters. The van der Waals surface area contributed by atoms with Gasteiger partial charge in [-0.1, -0.05) is 30.3 Å². The Morgan fingerprint density at radius 3 is 2.05 bits per heavy atom. The van der Waals surface area contributed by atoms with Crippen molar-refractivity contribution in [3.05, 3.63) is 65.2 Å². The van der Waals surface area contributed by atoms with Gasteiger partial charge in [-0.25, -0.2) is 0 Å². The Morgan fingerprint density at radius 1 is 0.909 bits per heavy atom. The van der Waals surface area contributed by atoms with Gasteiger partial charge in [-0.05, 0) is 29.3 Å².